The van der Waals surface area contributed by atoms with Crippen LogP contribution in [-0.4, -0.2) is 79.5 Å². The summed E-state index contributed by atoms with van der Waals surface area (Å²) in [7, 11) is 0. The molecule has 0 saturated carbocycles. The zero-order valence-electron chi connectivity index (χ0n) is 25.4. The molecule has 1 aliphatic heterocycles. The number of rotatable bonds is 13. The molecule has 0 spiro atoms. The van der Waals surface area contributed by atoms with E-state index in [1.807, 2.05) is 24.3 Å². The van der Waals surface area contributed by atoms with Crippen molar-refractivity contribution in [3.05, 3.63) is 59.9 Å². The van der Waals surface area contributed by atoms with Crippen LogP contribution in [0.3, 0.4) is 0 Å². The Labute approximate surface area is 259 Å². The zero-order chi connectivity index (χ0) is 32.5. The molecule has 4 rings (SSSR count). The van der Waals surface area contributed by atoms with E-state index in [2.05, 4.69) is 0 Å². The SMILES string of the molecule is CC(=O)OC[C@H]1O[C@@H](Oc2cccc3occ(CCc4cccc(OCCO)c4)c23)[C@H](OC(C)=O)[C@@H](OC(C)=O)[C@@H]1OC(C)=O. The van der Waals surface area contributed by atoms with Crippen LogP contribution < -0.4 is 9.47 Å². The van der Waals surface area contributed by atoms with E-state index in [1.165, 1.54) is 6.92 Å². The summed E-state index contributed by atoms with van der Waals surface area (Å²) < 4.78 is 45.4. The van der Waals surface area contributed by atoms with Crippen LogP contribution in [0.15, 0.2) is 53.1 Å². The van der Waals surface area contributed by atoms with Gasteiger partial charge in [-0.15, -0.1) is 0 Å². The highest BCUT2D eigenvalue weighted by Crippen LogP contribution is 2.36. The first-order valence-corrected chi connectivity index (χ1v) is 14.3. The fraction of sp³-hybridized carbons (Fsp3) is 0.438. The van der Waals surface area contributed by atoms with E-state index in [-0.39, 0.29) is 19.8 Å². The number of benzene rings is 2. The third-order valence-electron chi connectivity index (χ3n) is 6.77. The number of esters is 4. The van der Waals surface area contributed by atoms with Gasteiger partial charge in [-0.05, 0) is 42.7 Å². The molecular formula is C32H36O13. The summed E-state index contributed by atoms with van der Waals surface area (Å²) in [5.74, 6) is -1.87. The van der Waals surface area contributed by atoms with Gasteiger partial charge in [-0.1, -0.05) is 18.2 Å². The number of ether oxygens (including phenoxy) is 7. The van der Waals surface area contributed by atoms with E-state index in [0.29, 0.717) is 35.3 Å². The van der Waals surface area contributed by atoms with Gasteiger partial charge in [0.1, 0.15) is 36.4 Å². The molecule has 1 aromatic heterocycles. The van der Waals surface area contributed by atoms with Gasteiger partial charge in [-0.3, -0.25) is 19.2 Å². The monoisotopic (exact) mass is 628 g/mol. The largest absolute Gasteiger partial charge is 0.491 e. The van der Waals surface area contributed by atoms with E-state index in [0.717, 1.165) is 31.9 Å². The van der Waals surface area contributed by atoms with Crippen LogP contribution in [0, 0.1) is 0 Å². The molecule has 0 radical (unpaired) electrons. The number of carbonyl (C=O) groups is 4. The van der Waals surface area contributed by atoms with Gasteiger partial charge < -0.3 is 42.7 Å². The number of hydrogen-bond acceptors (Lipinski definition) is 13. The van der Waals surface area contributed by atoms with Crippen molar-refractivity contribution in [3.63, 3.8) is 0 Å². The highest BCUT2D eigenvalue weighted by molar-refractivity contribution is 5.87. The quantitative estimate of drug-likeness (QED) is 0.217. The average Bonchev–Trinajstić information content (AvgIpc) is 3.40. The summed E-state index contributed by atoms with van der Waals surface area (Å²) in [5.41, 5.74) is 2.33. The van der Waals surface area contributed by atoms with Gasteiger partial charge in [0.2, 0.25) is 12.4 Å². The molecular weight excluding hydrogens is 592 g/mol. The first kappa shape index (κ1) is 33.3. The normalized spacial score (nSPS) is 21.0. The molecule has 1 saturated heterocycles. The summed E-state index contributed by atoms with van der Waals surface area (Å²) in [6, 6.07) is 12.7. The van der Waals surface area contributed by atoms with Gasteiger partial charge in [-0.25, -0.2) is 0 Å². The Bertz CT molecular complexity index is 1500. The van der Waals surface area contributed by atoms with Gasteiger partial charge in [0.15, 0.2) is 12.2 Å². The number of aryl methyl sites for hydroxylation is 2. The minimum Gasteiger partial charge on any atom is -0.491 e. The number of fused-ring (bicyclic) bond motifs is 1. The van der Waals surface area contributed by atoms with Crippen LogP contribution in [0.25, 0.3) is 11.0 Å². The van der Waals surface area contributed by atoms with Gasteiger partial charge in [-0.2, -0.15) is 0 Å². The Balaban J connectivity index is 1.66. The molecule has 5 atom stereocenters. The molecule has 3 aromatic rings. The van der Waals surface area contributed by atoms with Crippen molar-refractivity contribution in [1.82, 2.24) is 0 Å². The van der Waals surface area contributed by atoms with E-state index in [4.69, 9.17) is 42.7 Å². The van der Waals surface area contributed by atoms with Crippen LogP contribution in [0.5, 0.6) is 11.5 Å². The van der Waals surface area contributed by atoms with Gasteiger partial charge in [0, 0.05) is 33.3 Å². The lowest BCUT2D eigenvalue weighted by Gasteiger charge is -2.44. The highest BCUT2D eigenvalue weighted by atomic mass is 16.7. The number of aliphatic hydroxyl groups is 1. The van der Waals surface area contributed by atoms with Crippen molar-refractivity contribution >= 4 is 34.8 Å². The van der Waals surface area contributed by atoms with E-state index >= 15 is 0 Å². The summed E-state index contributed by atoms with van der Waals surface area (Å²) in [6.07, 6.45) is -3.78. The molecule has 13 nitrogen and oxygen atoms in total. The van der Waals surface area contributed by atoms with E-state index in [1.54, 1.807) is 24.5 Å². The van der Waals surface area contributed by atoms with Gasteiger partial charge in [0.05, 0.1) is 18.3 Å². The summed E-state index contributed by atoms with van der Waals surface area (Å²) in [6.45, 7) is 4.38. The Hall–Kier alpha value is -4.62. The second kappa shape index (κ2) is 15.4. The molecule has 1 aliphatic rings. The maximum atomic E-state index is 12.2. The van der Waals surface area contributed by atoms with Crippen LogP contribution in [0.2, 0.25) is 0 Å². The predicted molar refractivity (Wildman–Crippen MR) is 155 cm³/mol. The Morgan fingerprint density at radius 1 is 0.822 bits per heavy atom. The average molecular weight is 629 g/mol. The van der Waals surface area contributed by atoms with Crippen molar-refractivity contribution in [2.45, 2.75) is 71.2 Å². The van der Waals surface area contributed by atoms with E-state index < -0.39 is 54.6 Å². The Morgan fingerprint density at radius 3 is 2.20 bits per heavy atom. The number of hydrogen-bond donors (Lipinski definition) is 1. The smallest absolute Gasteiger partial charge is 0.303 e. The summed E-state index contributed by atoms with van der Waals surface area (Å²) in [4.78, 5) is 48.0. The second-order valence-corrected chi connectivity index (χ2v) is 10.3. The summed E-state index contributed by atoms with van der Waals surface area (Å²) in [5, 5.41) is 9.69. The lowest BCUT2D eigenvalue weighted by atomic mass is 9.98. The molecule has 1 N–H and O–H groups in total. The molecule has 242 valence electrons. The first-order chi connectivity index (χ1) is 21.5. The van der Waals surface area contributed by atoms with Crippen molar-refractivity contribution in [2.75, 3.05) is 19.8 Å². The molecule has 0 aliphatic carbocycles. The summed E-state index contributed by atoms with van der Waals surface area (Å²) >= 11 is 0. The van der Waals surface area contributed by atoms with Crippen LogP contribution in [0.4, 0.5) is 0 Å². The standard InChI is InChI=1S/C32H36O13/c1-18(34)39-17-27-29(41-19(2)35)30(42-20(3)36)31(43-21(4)37)32(45-27)44-26-10-6-9-25-28(26)23(16-40-25)12-11-22-7-5-8-24(15-22)38-14-13-33/h5-10,15-16,27,29-33H,11-14,17H2,1-4H3/t27-,29-,30+,31-,32-/m1/s1. The van der Waals surface area contributed by atoms with Crippen molar-refractivity contribution in [1.29, 1.82) is 0 Å². The minimum absolute atomic E-state index is 0.0897. The molecule has 1 fully saturated rings. The van der Waals surface area contributed by atoms with Crippen LogP contribution in [0.1, 0.15) is 38.8 Å². The Kier molecular flexibility index (Phi) is 11.4. The fourth-order valence-electron chi connectivity index (χ4n) is 5.04. The predicted octanol–water partition coefficient (Wildman–Crippen LogP) is 3.05. The lowest BCUT2D eigenvalue weighted by molar-refractivity contribution is -0.288. The van der Waals surface area contributed by atoms with Gasteiger partial charge in [0.25, 0.3) is 0 Å². The molecule has 0 bridgehead atoms. The second-order valence-electron chi connectivity index (χ2n) is 10.3. The van der Waals surface area contributed by atoms with Crippen molar-refractivity contribution < 1.29 is 61.9 Å². The molecule has 2 heterocycles. The van der Waals surface area contributed by atoms with Crippen molar-refractivity contribution in [3.8, 4) is 11.5 Å². The van der Waals surface area contributed by atoms with Gasteiger partial charge >= 0.3 is 23.9 Å². The van der Waals surface area contributed by atoms with Crippen molar-refractivity contribution in [2.24, 2.45) is 0 Å². The molecule has 13 heteroatoms. The Morgan fingerprint density at radius 2 is 1.51 bits per heavy atom. The third-order valence-corrected chi connectivity index (χ3v) is 6.77. The van der Waals surface area contributed by atoms with E-state index in [9.17, 15) is 19.2 Å². The molecule has 2 aromatic carbocycles. The number of aliphatic hydroxyl groups excluding tert-OH is 1. The fourth-order valence-corrected chi connectivity index (χ4v) is 5.04. The highest BCUT2D eigenvalue weighted by Gasteiger charge is 2.53. The van der Waals surface area contributed by atoms with Crippen LogP contribution in [-0.2, 0) is 55.7 Å². The maximum absolute atomic E-state index is 12.2. The number of carbonyl (C=O) groups excluding carboxylic acids is 4. The topological polar surface area (TPSA) is 166 Å². The molecule has 0 amide bonds. The molecule has 0 unspecified atom stereocenters. The zero-order valence-corrected chi connectivity index (χ0v) is 25.4. The lowest BCUT2D eigenvalue weighted by Crippen LogP contribution is -2.63. The maximum Gasteiger partial charge on any atom is 0.303 e. The molecule has 45 heavy (non-hydrogen) atoms. The number of furan rings is 1. The first-order valence-electron chi connectivity index (χ1n) is 14.3. The van der Waals surface area contributed by atoms with Crippen LogP contribution >= 0.6 is 0 Å². The minimum atomic E-state index is -1.39. The third kappa shape index (κ3) is 8.96.